The summed E-state index contributed by atoms with van der Waals surface area (Å²) in [5, 5.41) is 12.0. The highest BCUT2D eigenvalue weighted by molar-refractivity contribution is 5.80. The number of hydrogen-bond acceptors (Lipinski definition) is 4. The van der Waals surface area contributed by atoms with Crippen LogP contribution in [0.2, 0.25) is 0 Å². The van der Waals surface area contributed by atoms with Gasteiger partial charge in [0.15, 0.2) is 6.10 Å². The van der Waals surface area contributed by atoms with Crippen LogP contribution < -0.4 is 10.1 Å². The predicted octanol–water partition coefficient (Wildman–Crippen LogP) is 1.17. The normalized spacial score (nSPS) is 12.3. The molecule has 0 saturated carbocycles. The molecule has 2 N–H and O–H groups in total. The minimum atomic E-state index is -0.623. The van der Waals surface area contributed by atoms with Gasteiger partial charge in [-0.1, -0.05) is 0 Å². The summed E-state index contributed by atoms with van der Waals surface area (Å²) >= 11 is 0. The molecule has 0 saturated heterocycles. The molecule has 1 aromatic heterocycles. The van der Waals surface area contributed by atoms with Crippen molar-refractivity contribution in [2.75, 3.05) is 0 Å². The van der Waals surface area contributed by atoms with Gasteiger partial charge in [0, 0.05) is 11.7 Å². The summed E-state index contributed by atoms with van der Waals surface area (Å²) in [6.45, 7) is 7.06. The molecule has 0 radical (unpaired) electrons. The fourth-order valence-corrected chi connectivity index (χ4v) is 1.46. The summed E-state index contributed by atoms with van der Waals surface area (Å²) in [5.74, 6) is 0.254. The Bertz CT molecular complexity index is 419. The highest BCUT2D eigenvalue weighted by atomic mass is 16.5. The number of nitrogens with zero attached hydrogens (tertiary/aromatic N) is 1. The number of aliphatic hydroxyl groups is 1. The van der Waals surface area contributed by atoms with Crippen molar-refractivity contribution >= 4 is 5.91 Å². The van der Waals surface area contributed by atoms with Crippen LogP contribution in [-0.2, 0) is 11.4 Å². The summed E-state index contributed by atoms with van der Waals surface area (Å²) < 4.78 is 5.52. The molecule has 0 aliphatic rings. The largest absolute Gasteiger partial charge is 0.479 e. The smallest absolute Gasteiger partial charge is 0.260 e. The van der Waals surface area contributed by atoms with Crippen LogP contribution >= 0.6 is 0 Å². The van der Waals surface area contributed by atoms with Crippen molar-refractivity contribution in [1.82, 2.24) is 10.3 Å². The lowest BCUT2D eigenvalue weighted by atomic mass is 10.2. The molecule has 1 rings (SSSR count). The quantitative estimate of drug-likeness (QED) is 0.825. The zero-order chi connectivity index (χ0) is 13.7. The Hall–Kier alpha value is -1.62. The maximum Gasteiger partial charge on any atom is 0.260 e. The number of amides is 1. The standard InChI is InChI=1S/C13H20N2O3/c1-8(2)14-13(17)10(4)18-12-6-5-9(3)15-11(12)7-16/h5-6,8,10,16H,7H2,1-4H3,(H,14,17). The van der Waals surface area contributed by atoms with Crippen molar-refractivity contribution in [3.8, 4) is 5.75 Å². The van der Waals surface area contributed by atoms with Crippen LogP contribution in [0.3, 0.4) is 0 Å². The van der Waals surface area contributed by atoms with Gasteiger partial charge in [0.25, 0.3) is 5.91 Å². The fraction of sp³-hybridized carbons (Fsp3) is 0.538. The second-order valence-electron chi connectivity index (χ2n) is 4.48. The maximum atomic E-state index is 11.7. The number of hydrogen-bond donors (Lipinski definition) is 2. The Kier molecular flexibility index (Phi) is 5.09. The van der Waals surface area contributed by atoms with Crippen molar-refractivity contribution in [2.24, 2.45) is 0 Å². The fourth-order valence-electron chi connectivity index (χ4n) is 1.46. The number of pyridine rings is 1. The van der Waals surface area contributed by atoms with Crippen LogP contribution in [0.1, 0.15) is 32.2 Å². The van der Waals surface area contributed by atoms with E-state index in [4.69, 9.17) is 4.74 Å². The lowest BCUT2D eigenvalue weighted by Crippen LogP contribution is -2.40. The number of rotatable bonds is 5. The number of nitrogens with one attached hydrogen (secondary N) is 1. The predicted molar refractivity (Wildman–Crippen MR) is 68.3 cm³/mol. The van der Waals surface area contributed by atoms with Gasteiger partial charge in [-0.25, -0.2) is 0 Å². The highest BCUT2D eigenvalue weighted by Crippen LogP contribution is 2.18. The molecule has 0 spiro atoms. The van der Waals surface area contributed by atoms with Crippen LogP contribution in [0.4, 0.5) is 0 Å². The van der Waals surface area contributed by atoms with E-state index in [1.807, 2.05) is 20.8 Å². The van der Waals surface area contributed by atoms with E-state index in [1.165, 1.54) is 0 Å². The van der Waals surface area contributed by atoms with Crippen molar-refractivity contribution in [2.45, 2.75) is 46.4 Å². The molecule has 1 atom stereocenters. The van der Waals surface area contributed by atoms with Crippen molar-refractivity contribution in [1.29, 1.82) is 0 Å². The van der Waals surface area contributed by atoms with Crippen molar-refractivity contribution in [3.05, 3.63) is 23.5 Å². The van der Waals surface area contributed by atoms with E-state index in [0.717, 1.165) is 5.69 Å². The molecule has 0 aromatic carbocycles. The van der Waals surface area contributed by atoms with E-state index in [-0.39, 0.29) is 18.6 Å². The molecule has 100 valence electrons. The van der Waals surface area contributed by atoms with E-state index in [0.29, 0.717) is 11.4 Å². The van der Waals surface area contributed by atoms with E-state index >= 15 is 0 Å². The van der Waals surface area contributed by atoms with Gasteiger partial charge in [0.1, 0.15) is 11.4 Å². The van der Waals surface area contributed by atoms with E-state index in [2.05, 4.69) is 10.3 Å². The molecule has 0 aliphatic heterocycles. The first-order valence-electron chi connectivity index (χ1n) is 5.98. The van der Waals surface area contributed by atoms with Crippen molar-refractivity contribution < 1.29 is 14.6 Å². The van der Waals surface area contributed by atoms with E-state index in [9.17, 15) is 9.90 Å². The Balaban J connectivity index is 2.75. The zero-order valence-corrected chi connectivity index (χ0v) is 11.2. The summed E-state index contributed by atoms with van der Waals surface area (Å²) in [6.07, 6.45) is -0.623. The third-order valence-corrected chi connectivity index (χ3v) is 2.33. The monoisotopic (exact) mass is 252 g/mol. The molecule has 5 nitrogen and oxygen atoms in total. The van der Waals surface area contributed by atoms with Crippen LogP contribution in [0.25, 0.3) is 0 Å². The van der Waals surface area contributed by atoms with Crippen molar-refractivity contribution in [3.63, 3.8) is 0 Å². The summed E-state index contributed by atoms with van der Waals surface area (Å²) in [4.78, 5) is 15.9. The van der Waals surface area contributed by atoms with Gasteiger partial charge in [0.2, 0.25) is 0 Å². The molecule has 0 fully saturated rings. The molecule has 1 aromatic rings. The molecular formula is C13H20N2O3. The first-order valence-corrected chi connectivity index (χ1v) is 5.98. The molecule has 18 heavy (non-hydrogen) atoms. The Morgan fingerprint density at radius 2 is 2.11 bits per heavy atom. The van der Waals surface area contributed by atoms with Crippen LogP contribution in [0.15, 0.2) is 12.1 Å². The first kappa shape index (κ1) is 14.4. The Labute approximate surface area is 107 Å². The number of aryl methyl sites for hydroxylation is 1. The molecule has 0 bridgehead atoms. The van der Waals surface area contributed by atoms with Crippen LogP contribution in [0.5, 0.6) is 5.75 Å². The third kappa shape index (κ3) is 4.00. The van der Waals surface area contributed by atoms with Gasteiger partial charge in [-0.2, -0.15) is 0 Å². The van der Waals surface area contributed by atoms with Gasteiger partial charge in [0.05, 0.1) is 6.61 Å². The second-order valence-corrected chi connectivity index (χ2v) is 4.48. The molecule has 0 aliphatic carbocycles. The van der Waals surface area contributed by atoms with Crippen LogP contribution in [0, 0.1) is 6.92 Å². The highest BCUT2D eigenvalue weighted by Gasteiger charge is 2.17. The van der Waals surface area contributed by atoms with E-state index in [1.54, 1.807) is 19.1 Å². The van der Waals surface area contributed by atoms with Gasteiger partial charge < -0.3 is 15.2 Å². The lowest BCUT2D eigenvalue weighted by Gasteiger charge is -2.17. The number of carbonyl (C=O) groups excluding carboxylic acids is 1. The number of aliphatic hydroxyl groups excluding tert-OH is 1. The van der Waals surface area contributed by atoms with Gasteiger partial charge >= 0.3 is 0 Å². The summed E-state index contributed by atoms with van der Waals surface area (Å²) in [5.41, 5.74) is 1.24. The van der Waals surface area contributed by atoms with Crippen LogP contribution in [-0.4, -0.2) is 28.1 Å². The number of aromatic nitrogens is 1. The van der Waals surface area contributed by atoms with Gasteiger partial charge in [-0.3, -0.25) is 9.78 Å². The Morgan fingerprint density at radius 1 is 1.44 bits per heavy atom. The Morgan fingerprint density at radius 3 is 2.67 bits per heavy atom. The third-order valence-electron chi connectivity index (χ3n) is 2.33. The van der Waals surface area contributed by atoms with Gasteiger partial charge in [-0.15, -0.1) is 0 Å². The molecule has 1 unspecified atom stereocenters. The topological polar surface area (TPSA) is 71.5 Å². The summed E-state index contributed by atoms with van der Waals surface area (Å²) in [7, 11) is 0. The number of carbonyl (C=O) groups is 1. The molecular weight excluding hydrogens is 232 g/mol. The van der Waals surface area contributed by atoms with Gasteiger partial charge in [-0.05, 0) is 39.8 Å². The SMILES string of the molecule is Cc1ccc(OC(C)C(=O)NC(C)C)c(CO)n1. The minimum Gasteiger partial charge on any atom is -0.479 e. The zero-order valence-electron chi connectivity index (χ0n) is 11.2. The average molecular weight is 252 g/mol. The molecule has 1 heterocycles. The lowest BCUT2D eigenvalue weighted by molar-refractivity contribution is -0.127. The minimum absolute atomic E-state index is 0.0667. The number of ether oxygens (including phenoxy) is 1. The maximum absolute atomic E-state index is 11.7. The second kappa shape index (κ2) is 6.35. The molecule has 1 amide bonds. The molecule has 5 heteroatoms. The average Bonchev–Trinajstić information content (AvgIpc) is 2.30. The van der Waals surface area contributed by atoms with E-state index < -0.39 is 6.10 Å². The first-order chi connectivity index (χ1) is 8.43. The summed E-state index contributed by atoms with van der Waals surface area (Å²) in [6, 6.07) is 3.56.